The molecule has 2 aromatic rings. The van der Waals surface area contributed by atoms with E-state index in [1.165, 1.54) is 0 Å². The summed E-state index contributed by atoms with van der Waals surface area (Å²) in [6.45, 7) is 1.65. The van der Waals surface area contributed by atoms with E-state index in [0.29, 0.717) is 5.56 Å². The Labute approximate surface area is 164 Å². The third-order valence-corrected chi connectivity index (χ3v) is 4.26. The number of nitrogens with zero attached hydrogens (tertiary/aromatic N) is 1. The molecule has 1 heterocycles. The number of ether oxygens (including phenoxy) is 1. The van der Waals surface area contributed by atoms with E-state index in [2.05, 4.69) is 10.6 Å². The fourth-order valence-electron chi connectivity index (χ4n) is 3.02. The smallest absolute Gasteiger partial charge is 0.338 e. The van der Waals surface area contributed by atoms with Crippen LogP contribution in [-0.4, -0.2) is 33.7 Å². The van der Waals surface area contributed by atoms with Crippen LogP contribution >= 0.6 is 0 Å². The molecule has 10 heteroatoms. The second kappa shape index (κ2) is 7.89. The minimum Gasteiger partial charge on any atom is -0.507 e. The van der Waals surface area contributed by atoms with Crippen molar-refractivity contribution in [2.45, 2.75) is 13.0 Å². The van der Waals surface area contributed by atoms with Crippen LogP contribution in [0.15, 0.2) is 48.0 Å². The molecule has 3 rings (SSSR count). The average Bonchev–Trinajstić information content (AvgIpc) is 2.68. The molecule has 2 amide bonds. The number of benzene rings is 2. The average molecular weight is 399 g/mol. The summed E-state index contributed by atoms with van der Waals surface area (Å²) >= 11 is 0. The van der Waals surface area contributed by atoms with Crippen LogP contribution in [0.25, 0.3) is 5.70 Å². The molecule has 1 aliphatic heterocycles. The molecule has 0 radical (unpaired) electrons. The zero-order chi connectivity index (χ0) is 21.1. The van der Waals surface area contributed by atoms with Crippen molar-refractivity contribution in [3.63, 3.8) is 0 Å². The molecular weight excluding hydrogens is 382 g/mol. The van der Waals surface area contributed by atoms with Gasteiger partial charge in [-0.05, 0) is 12.5 Å². The van der Waals surface area contributed by atoms with Crippen molar-refractivity contribution in [2.24, 2.45) is 0 Å². The third kappa shape index (κ3) is 3.81. The number of amides is 2. The molecule has 1 aliphatic rings. The van der Waals surface area contributed by atoms with Gasteiger partial charge in [0.25, 0.3) is 0 Å². The highest BCUT2D eigenvalue weighted by Gasteiger charge is 2.37. The lowest BCUT2D eigenvalue weighted by Gasteiger charge is -2.29. The Morgan fingerprint density at radius 2 is 1.90 bits per heavy atom. The Hall–Kier alpha value is -4.08. The highest BCUT2D eigenvalue weighted by atomic mass is 16.6. The van der Waals surface area contributed by atoms with Crippen LogP contribution in [-0.2, 0) is 9.53 Å². The van der Waals surface area contributed by atoms with E-state index in [1.807, 2.05) is 0 Å². The normalized spacial score (nSPS) is 16.0. The predicted molar refractivity (Wildman–Crippen MR) is 101 cm³/mol. The summed E-state index contributed by atoms with van der Waals surface area (Å²) in [6, 6.07) is 8.24. The van der Waals surface area contributed by atoms with Gasteiger partial charge >= 0.3 is 17.7 Å². The van der Waals surface area contributed by atoms with Crippen molar-refractivity contribution < 1.29 is 29.5 Å². The van der Waals surface area contributed by atoms with Crippen LogP contribution in [0.4, 0.5) is 10.5 Å². The van der Waals surface area contributed by atoms with Crippen LogP contribution in [0, 0.1) is 10.1 Å². The van der Waals surface area contributed by atoms with Gasteiger partial charge in [-0.1, -0.05) is 30.3 Å². The van der Waals surface area contributed by atoms with E-state index < -0.39 is 40.2 Å². The quantitative estimate of drug-likeness (QED) is 0.342. The SMILES string of the molecule is CCOC(=O)C1=C(c2ccccc2)NC(=O)NC1c1cc([N+](=O)[O-])c(O)cc1O. The fraction of sp³-hybridized carbons (Fsp3) is 0.158. The number of carbonyl (C=O) groups excluding carboxylic acids is 2. The first kappa shape index (κ1) is 19.7. The Bertz CT molecular complexity index is 1020. The van der Waals surface area contributed by atoms with Crippen LogP contribution in [0.3, 0.4) is 0 Å². The molecule has 0 saturated heterocycles. The molecular formula is C19H17N3O7. The number of phenols is 2. The Morgan fingerprint density at radius 1 is 1.21 bits per heavy atom. The molecule has 2 aromatic carbocycles. The van der Waals surface area contributed by atoms with Gasteiger partial charge in [-0.2, -0.15) is 0 Å². The largest absolute Gasteiger partial charge is 0.507 e. The summed E-state index contributed by atoms with van der Waals surface area (Å²) in [5.41, 5.74) is -0.222. The maximum atomic E-state index is 12.7. The zero-order valence-electron chi connectivity index (χ0n) is 15.2. The van der Waals surface area contributed by atoms with E-state index in [4.69, 9.17) is 4.74 Å². The van der Waals surface area contributed by atoms with E-state index in [9.17, 15) is 29.9 Å². The number of aromatic hydroxyl groups is 2. The molecule has 1 unspecified atom stereocenters. The van der Waals surface area contributed by atoms with Gasteiger partial charge in [0.1, 0.15) is 5.75 Å². The van der Waals surface area contributed by atoms with Crippen molar-refractivity contribution >= 4 is 23.4 Å². The first-order valence-corrected chi connectivity index (χ1v) is 8.58. The van der Waals surface area contributed by atoms with Crippen molar-refractivity contribution in [3.8, 4) is 11.5 Å². The second-order valence-electron chi connectivity index (χ2n) is 6.06. The Morgan fingerprint density at radius 3 is 2.52 bits per heavy atom. The summed E-state index contributed by atoms with van der Waals surface area (Å²) < 4.78 is 5.11. The molecule has 0 aromatic heterocycles. The van der Waals surface area contributed by atoms with Crippen LogP contribution in [0.1, 0.15) is 24.1 Å². The maximum Gasteiger partial charge on any atom is 0.338 e. The zero-order valence-corrected chi connectivity index (χ0v) is 15.2. The number of hydrogen-bond acceptors (Lipinski definition) is 7. The minimum atomic E-state index is -1.25. The molecule has 0 fully saturated rings. The molecule has 0 bridgehead atoms. The number of rotatable bonds is 5. The van der Waals surface area contributed by atoms with E-state index in [0.717, 1.165) is 12.1 Å². The van der Waals surface area contributed by atoms with Gasteiger partial charge < -0.3 is 25.6 Å². The lowest BCUT2D eigenvalue weighted by molar-refractivity contribution is -0.386. The van der Waals surface area contributed by atoms with Crippen LogP contribution < -0.4 is 10.6 Å². The number of nitro benzene ring substituents is 1. The van der Waals surface area contributed by atoms with Gasteiger partial charge in [-0.25, -0.2) is 9.59 Å². The number of carbonyl (C=O) groups is 2. The van der Waals surface area contributed by atoms with Crippen molar-refractivity contribution in [1.82, 2.24) is 10.6 Å². The highest BCUT2D eigenvalue weighted by Crippen LogP contribution is 2.40. The third-order valence-electron chi connectivity index (χ3n) is 4.26. The summed E-state index contributed by atoms with van der Waals surface area (Å²) in [5, 5.41) is 36.2. The van der Waals surface area contributed by atoms with Crippen molar-refractivity contribution in [2.75, 3.05) is 6.61 Å². The number of nitrogens with one attached hydrogen (secondary N) is 2. The van der Waals surface area contributed by atoms with Gasteiger partial charge in [-0.15, -0.1) is 0 Å². The van der Waals surface area contributed by atoms with E-state index in [1.54, 1.807) is 37.3 Å². The standard InChI is InChI=1S/C19H17N3O7/c1-2-29-18(25)15-16(10-6-4-3-5-7-10)20-19(26)21-17(15)11-8-12(22(27)28)14(24)9-13(11)23/h3-9,17,23-24H,2H2,1H3,(H2,20,21,26). The summed E-state index contributed by atoms with van der Waals surface area (Å²) in [5.74, 6) is -2.06. The molecule has 0 aliphatic carbocycles. The maximum absolute atomic E-state index is 12.7. The van der Waals surface area contributed by atoms with E-state index >= 15 is 0 Å². The number of phenolic OH excluding ortho intramolecular Hbond substituents is 2. The Balaban J connectivity index is 2.26. The number of esters is 1. The van der Waals surface area contributed by atoms with Crippen LogP contribution in [0.5, 0.6) is 11.5 Å². The molecule has 4 N–H and O–H groups in total. The number of nitro groups is 1. The van der Waals surface area contributed by atoms with Crippen molar-refractivity contribution in [1.29, 1.82) is 0 Å². The monoisotopic (exact) mass is 399 g/mol. The second-order valence-corrected chi connectivity index (χ2v) is 6.06. The van der Waals surface area contributed by atoms with Gasteiger partial charge in [-0.3, -0.25) is 10.1 Å². The number of urea groups is 1. The lowest BCUT2D eigenvalue weighted by Crippen LogP contribution is -2.45. The van der Waals surface area contributed by atoms with Gasteiger partial charge in [0, 0.05) is 17.7 Å². The van der Waals surface area contributed by atoms with Gasteiger partial charge in [0.15, 0.2) is 5.75 Å². The highest BCUT2D eigenvalue weighted by molar-refractivity contribution is 6.04. The topological polar surface area (TPSA) is 151 Å². The molecule has 150 valence electrons. The summed E-state index contributed by atoms with van der Waals surface area (Å²) in [7, 11) is 0. The van der Waals surface area contributed by atoms with Gasteiger partial charge in [0.05, 0.1) is 28.8 Å². The van der Waals surface area contributed by atoms with Crippen molar-refractivity contribution in [3.05, 3.63) is 69.3 Å². The molecule has 1 atom stereocenters. The van der Waals surface area contributed by atoms with Gasteiger partial charge in [0.2, 0.25) is 0 Å². The molecule has 0 spiro atoms. The number of hydrogen-bond donors (Lipinski definition) is 4. The first-order valence-electron chi connectivity index (χ1n) is 8.58. The minimum absolute atomic E-state index is 0.0482. The fourth-order valence-corrected chi connectivity index (χ4v) is 3.02. The van der Waals surface area contributed by atoms with Crippen LogP contribution in [0.2, 0.25) is 0 Å². The molecule has 10 nitrogen and oxygen atoms in total. The van der Waals surface area contributed by atoms with E-state index in [-0.39, 0.29) is 23.4 Å². The predicted octanol–water partition coefficient (Wildman–Crippen LogP) is 2.33. The molecule has 29 heavy (non-hydrogen) atoms. The lowest BCUT2D eigenvalue weighted by atomic mass is 9.91. The molecule has 0 saturated carbocycles. The Kier molecular flexibility index (Phi) is 5.35. The summed E-state index contributed by atoms with van der Waals surface area (Å²) in [6.07, 6.45) is 0. The first-order chi connectivity index (χ1) is 13.8. The summed E-state index contributed by atoms with van der Waals surface area (Å²) in [4.78, 5) is 35.4.